The van der Waals surface area contributed by atoms with Gasteiger partial charge < -0.3 is 9.47 Å². The lowest BCUT2D eigenvalue weighted by Gasteiger charge is -2.00. The molecule has 2 aromatic heterocycles. The number of aromatic nitrogens is 2. The molecule has 0 aromatic carbocycles. The molecule has 2 heterocycles. The van der Waals surface area contributed by atoms with Crippen LogP contribution in [0.4, 0.5) is 0 Å². The summed E-state index contributed by atoms with van der Waals surface area (Å²) in [5.74, 6) is -1.03. The fourth-order valence-electron chi connectivity index (χ4n) is 1.02. The molecule has 0 aliphatic rings. The van der Waals surface area contributed by atoms with Crippen molar-refractivity contribution in [3.8, 4) is 10.4 Å². The first-order valence-corrected chi connectivity index (χ1v) is 6.70. The van der Waals surface area contributed by atoms with Crippen molar-refractivity contribution in [2.24, 2.45) is 0 Å². The zero-order chi connectivity index (χ0) is 12.8. The molecule has 0 bridgehead atoms. The van der Waals surface area contributed by atoms with E-state index in [-0.39, 0.29) is 23.2 Å². The predicted octanol–water partition coefficient (Wildman–Crippen LogP) is 1.89. The van der Waals surface area contributed by atoms with Gasteiger partial charge in [-0.3, -0.25) is 9.59 Å². The van der Waals surface area contributed by atoms with Crippen molar-refractivity contribution in [2.75, 3.05) is 0 Å². The van der Waals surface area contributed by atoms with E-state index in [2.05, 4.69) is 9.97 Å². The van der Waals surface area contributed by atoms with Gasteiger partial charge in [-0.2, -0.15) is 0 Å². The van der Waals surface area contributed by atoms with Crippen LogP contribution in [-0.4, -0.2) is 21.9 Å². The molecular weight excluding hydrogens is 276 g/mol. The normalized spacial score (nSPS) is 10.0. The molecule has 0 atom stereocenters. The highest BCUT2D eigenvalue weighted by atomic mass is 32.1. The molecule has 0 amide bonds. The van der Waals surface area contributed by atoms with E-state index in [4.69, 9.17) is 9.47 Å². The molecule has 0 radical (unpaired) electrons. The molecule has 0 saturated carbocycles. The highest BCUT2D eigenvalue weighted by Gasteiger charge is 2.12. The second kappa shape index (κ2) is 6.22. The Bertz CT molecular complexity index is 462. The number of nitrogens with zero attached hydrogens (tertiary/aromatic N) is 2. The summed E-state index contributed by atoms with van der Waals surface area (Å²) in [4.78, 5) is 30.3. The summed E-state index contributed by atoms with van der Waals surface area (Å²) in [6.45, 7) is 0. The van der Waals surface area contributed by atoms with Gasteiger partial charge >= 0.3 is 11.9 Å². The van der Waals surface area contributed by atoms with Crippen LogP contribution in [0.2, 0.25) is 0 Å². The van der Waals surface area contributed by atoms with Crippen LogP contribution in [0, 0.1) is 0 Å². The summed E-state index contributed by atoms with van der Waals surface area (Å²) in [6, 6.07) is 0. The first-order chi connectivity index (χ1) is 8.74. The molecule has 0 unspecified atom stereocenters. The van der Waals surface area contributed by atoms with Crippen molar-refractivity contribution in [2.45, 2.75) is 12.8 Å². The Hall–Kier alpha value is -1.80. The van der Waals surface area contributed by atoms with Gasteiger partial charge in [0.25, 0.3) is 10.4 Å². The van der Waals surface area contributed by atoms with Crippen molar-refractivity contribution in [3.63, 3.8) is 0 Å². The maximum absolute atomic E-state index is 11.3. The van der Waals surface area contributed by atoms with Gasteiger partial charge in [0.1, 0.15) is 0 Å². The minimum absolute atomic E-state index is 0.0518. The molecule has 2 rings (SSSR count). The van der Waals surface area contributed by atoms with Crippen molar-refractivity contribution in [3.05, 3.63) is 23.2 Å². The van der Waals surface area contributed by atoms with Gasteiger partial charge in [0.2, 0.25) is 0 Å². The van der Waals surface area contributed by atoms with Crippen LogP contribution in [0.25, 0.3) is 0 Å². The maximum Gasteiger partial charge on any atom is 0.313 e. The molecule has 8 heteroatoms. The Kier molecular flexibility index (Phi) is 4.37. The molecule has 0 spiro atoms. The quantitative estimate of drug-likeness (QED) is 0.780. The summed E-state index contributed by atoms with van der Waals surface area (Å²) >= 11 is 2.42. The van der Waals surface area contributed by atoms with Gasteiger partial charge in [-0.1, -0.05) is 22.7 Å². The number of esters is 2. The van der Waals surface area contributed by atoms with E-state index in [9.17, 15) is 9.59 Å². The summed E-state index contributed by atoms with van der Waals surface area (Å²) in [5, 5.41) is 3.93. The summed E-state index contributed by atoms with van der Waals surface area (Å²) in [6.07, 6.45) is 2.96. The Balaban J connectivity index is 1.71. The van der Waals surface area contributed by atoms with E-state index < -0.39 is 11.9 Å². The van der Waals surface area contributed by atoms with Crippen molar-refractivity contribution in [1.82, 2.24) is 9.97 Å². The largest absolute Gasteiger partial charge is 0.398 e. The number of rotatable bonds is 5. The second-order valence-corrected chi connectivity index (χ2v) is 4.76. The third-order valence-electron chi connectivity index (χ3n) is 1.75. The summed E-state index contributed by atoms with van der Waals surface area (Å²) in [7, 11) is 0. The average Bonchev–Trinajstić information content (AvgIpc) is 2.99. The molecule has 6 nitrogen and oxygen atoms in total. The Morgan fingerprint density at radius 3 is 1.72 bits per heavy atom. The molecule has 2 aromatic rings. The van der Waals surface area contributed by atoms with Crippen LogP contribution < -0.4 is 9.47 Å². The molecule has 0 fully saturated rings. The lowest BCUT2D eigenvalue weighted by Crippen LogP contribution is -2.13. The zero-order valence-corrected chi connectivity index (χ0v) is 10.7. The maximum atomic E-state index is 11.3. The van der Waals surface area contributed by atoms with Crippen LogP contribution in [0.3, 0.4) is 0 Å². The minimum Gasteiger partial charge on any atom is -0.398 e. The monoisotopic (exact) mass is 284 g/mol. The number of hydrogen-bond acceptors (Lipinski definition) is 8. The van der Waals surface area contributed by atoms with Gasteiger partial charge in [0, 0.05) is 23.2 Å². The van der Waals surface area contributed by atoms with Crippen molar-refractivity contribution in [1.29, 1.82) is 0 Å². The summed E-state index contributed by atoms with van der Waals surface area (Å²) < 4.78 is 9.78. The highest BCUT2D eigenvalue weighted by molar-refractivity contribution is 7.11. The molecule has 0 saturated heterocycles. The second-order valence-electron chi connectivity index (χ2n) is 3.04. The van der Waals surface area contributed by atoms with Gasteiger partial charge in [0.05, 0.1) is 12.8 Å². The van der Waals surface area contributed by atoms with Crippen molar-refractivity contribution < 1.29 is 19.1 Å². The Labute approximate surface area is 110 Å². The molecule has 18 heavy (non-hydrogen) atoms. The van der Waals surface area contributed by atoms with E-state index in [0.717, 1.165) is 0 Å². The number of carbonyl (C=O) groups excluding carboxylic acids is 2. The van der Waals surface area contributed by atoms with Crippen LogP contribution in [-0.2, 0) is 9.59 Å². The first-order valence-electron chi connectivity index (χ1n) is 4.94. The fraction of sp³-hybridized carbons (Fsp3) is 0.200. The number of thiazole rings is 2. The molecule has 0 aliphatic heterocycles. The first kappa shape index (κ1) is 12.7. The topological polar surface area (TPSA) is 78.4 Å². The molecule has 0 aliphatic carbocycles. The number of ether oxygens (including phenoxy) is 2. The van der Waals surface area contributed by atoms with Crippen LogP contribution in [0.1, 0.15) is 12.8 Å². The molecule has 0 N–H and O–H groups in total. The van der Waals surface area contributed by atoms with E-state index in [1.165, 1.54) is 35.1 Å². The predicted molar refractivity (Wildman–Crippen MR) is 64.7 cm³/mol. The van der Waals surface area contributed by atoms with E-state index in [1.807, 2.05) is 0 Å². The minimum atomic E-state index is -0.513. The standard InChI is InChI=1S/C10H8N2O4S2/c13-7(15-9-11-3-5-17-9)1-2-8(14)16-10-12-4-6-18-10/h3-6H,1-2H2. The number of hydrogen-bond donors (Lipinski definition) is 0. The average molecular weight is 284 g/mol. The summed E-state index contributed by atoms with van der Waals surface area (Å²) in [5.41, 5.74) is 0. The molecular formula is C10H8N2O4S2. The Morgan fingerprint density at radius 1 is 0.944 bits per heavy atom. The third kappa shape index (κ3) is 3.90. The van der Waals surface area contributed by atoms with Crippen LogP contribution >= 0.6 is 22.7 Å². The smallest absolute Gasteiger partial charge is 0.313 e. The SMILES string of the molecule is O=C(CCC(=O)Oc1nccs1)Oc1nccs1. The van der Waals surface area contributed by atoms with Crippen LogP contribution in [0.5, 0.6) is 10.4 Å². The van der Waals surface area contributed by atoms with Crippen LogP contribution in [0.15, 0.2) is 23.2 Å². The lowest BCUT2D eigenvalue weighted by molar-refractivity contribution is -0.140. The van der Waals surface area contributed by atoms with Crippen molar-refractivity contribution >= 4 is 34.6 Å². The highest BCUT2D eigenvalue weighted by Crippen LogP contribution is 2.16. The number of carbonyl (C=O) groups is 2. The fourth-order valence-corrected chi connectivity index (χ4v) is 2.02. The van der Waals surface area contributed by atoms with Gasteiger partial charge in [0.15, 0.2) is 0 Å². The molecule has 94 valence electrons. The van der Waals surface area contributed by atoms with E-state index in [0.29, 0.717) is 0 Å². The Morgan fingerprint density at radius 2 is 1.39 bits per heavy atom. The van der Waals surface area contributed by atoms with Gasteiger partial charge in [-0.05, 0) is 0 Å². The van der Waals surface area contributed by atoms with Gasteiger partial charge in [-0.15, -0.1) is 0 Å². The van der Waals surface area contributed by atoms with E-state index in [1.54, 1.807) is 10.8 Å². The zero-order valence-electron chi connectivity index (χ0n) is 9.07. The third-order valence-corrected chi connectivity index (χ3v) is 3.05. The van der Waals surface area contributed by atoms with Gasteiger partial charge in [-0.25, -0.2) is 9.97 Å². The lowest BCUT2D eigenvalue weighted by atomic mass is 10.3. The van der Waals surface area contributed by atoms with E-state index >= 15 is 0 Å².